The lowest BCUT2D eigenvalue weighted by Gasteiger charge is -2.19. The molecule has 9 heteroatoms. The van der Waals surface area contributed by atoms with Crippen molar-refractivity contribution in [2.45, 2.75) is 29.5 Å². The van der Waals surface area contributed by atoms with Crippen LogP contribution in [0.4, 0.5) is 9.18 Å². The maximum absolute atomic E-state index is 12.8. The lowest BCUT2D eigenvalue weighted by atomic mass is 10.2. The summed E-state index contributed by atoms with van der Waals surface area (Å²) in [6.45, 7) is 2.39. The third-order valence-electron chi connectivity index (χ3n) is 3.88. The van der Waals surface area contributed by atoms with Crippen LogP contribution in [0.1, 0.15) is 19.3 Å². The molecule has 0 radical (unpaired) electrons. The first-order valence-corrected chi connectivity index (χ1v) is 7.48. The van der Waals surface area contributed by atoms with E-state index in [2.05, 4.69) is 6.58 Å². The van der Waals surface area contributed by atoms with Gasteiger partial charge in [0.15, 0.2) is 0 Å². The van der Waals surface area contributed by atoms with E-state index in [0.29, 0.717) is 0 Å². The summed E-state index contributed by atoms with van der Waals surface area (Å²) in [5.41, 5.74) is -1.52. The molecule has 112 valence electrons. The van der Waals surface area contributed by atoms with Crippen molar-refractivity contribution >= 4 is 22.0 Å². The minimum Gasteiger partial charge on any atom is -0.465 e. The number of halogens is 1. The van der Waals surface area contributed by atoms with Gasteiger partial charge in [-0.05, 0) is 19.3 Å². The zero-order valence-electron chi connectivity index (χ0n) is 10.6. The topological polar surface area (TPSA) is 113 Å². The third-order valence-corrected chi connectivity index (χ3v) is 5.99. The smallest absolute Gasteiger partial charge is 0.405 e. The van der Waals surface area contributed by atoms with Gasteiger partial charge in [0.2, 0.25) is 10.0 Å². The summed E-state index contributed by atoms with van der Waals surface area (Å²) in [5.74, 6) is -1.46. The summed E-state index contributed by atoms with van der Waals surface area (Å²) >= 11 is 0. The van der Waals surface area contributed by atoms with Crippen LogP contribution >= 0.6 is 0 Å². The Hall–Kier alpha value is -1.64. The SMILES string of the molecule is C=C[C@@H]1C[C@]1(NC(=O)O)C(=O)NS(=O)(=O)C1(CF)CC1. The van der Waals surface area contributed by atoms with Gasteiger partial charge in [0, 0.05) is 5.92 Å². The molecular formula is C11H15FN2O5S. The fourth-order valence-corrected chi connectivity index (χ4v) is 3.59. The normalized spacial score (nSPS) is 30.1. The minimum absolute atomic E-state index is 0.132. The Bertz CT molecular complexity index is 571. The van der Waals surface area contributed by atoms with E-state index in [0.717, 1.165) is 0 Å². The molecule has 0 aromatic rings. The molecule has 0 spiro atoms. The molecule has 2 amide bonds. The van der Waals surface area contributed by atoms with E-state index in [9.17, 15) is 22.4 Å². The Balaban J connectivity index is 2.15. The van der Waals surface area contributed by atoms with Crippen LogP contribution in [0.15, 0.2) is 12.7 Å². The molecule has 2 fully saturated rings. The zero-order valence-corrected chi connectivity index (χ0v) is 11.4. The molecule has 2 saturated carbocycles. The van der Waals surface area contributed by atoms with Crippen LogP contribution in [-0.2, 0) is 14.8 Å². The largest absolute Gasteiger partial charge is 0.465 e. The standard InChI is InChI=1S/C11H15FN2O5S/c1-2-7-5-11(7,13-9(16)17)8(15)14-20(18,19)10(6-12)3-4-10/h2,7,13H,1,3-6H2,(H,14,15)(H,16,17)/t7-,11-/m1/s1. The van der Waals surface area contributed by atoms with Crippen molar-refractivity contribution in [2.75, 3.05) is 6.67 Å². The Kier molecular flexibility index (Phi) is 3.28. The number of alkyl halides is 1. The number of rotatable bonds is 6. The van der Waals surface area contributed by atoms with E-state index in [1.807, 2.05) is 5.32 Å². The summed E-state index contributed by atoms with van der Waals surface area (Å²) in [5, 5.41) is 10.8. The number of amides is 2. The second-order valence-corrected chi connectivity index (χ2v) is 7.28. The van der Waals surface area contributed by atoms with Crippen LogP contribution in [0, 0.1) is 5.92 Å². The quantitative estimate of drug-likeness (QED) is 0.605. The van der Waals surface area contributed by atoms with Crippen molar-refractivity contribution in [3.63, 3.8) is 0 Å². The van der Waals surface area contributed by atoms with Crippen LogP contribution < -0.4 is 10.0 Å². The zero-order chi connectivity index (χ0) is 15.2. The van der Waals surface area contributed by atoms with Gasteiger partial charge in [0.1, 0.15) is 17.0 Å². The summed E-state index contributed by atoms with van der Waals surface area (Å²) in [6, 6.07) is 0. The fraction of sp³-hybridized carbons (Fsp3) is 0.636. The molecule has 7 nitrogen and oxygen atoms in total. The summed E-state index contributed by atoms with van der Waals surface area (Å²) in [6.07, 6.45) is 0.373. The van der Waals surface area contributed by atoms with Gasteiger partial charge in [0.05, 0.1) is 0 Å². The van der Waals surface area contributed by atoms with E-state index in [-0.39, 0.29) is 19.3 Å². The van der Waals surface area contributed by atoms with Gasteiger partial charge in [-0.25, -0.2) is 17.6 Å². The monoisotopic (exact) mass is 306 g/mol. The molecule has 0 aromatic carbocycles. The average molecular weight is 306 g/mol. The van der Waals surface area contributed by atoms with Crippen molar-refractivity contribution in [2.24, 2.45) is 5.92 Å². The number of sulfonamides is 1. The molecule has 0 unspecified atom stereocenters. The Morgan fingerprint density at radius 2 is 2.05 bits per heavy atom. The van der Waals surface area contributed by atoms with Gasteiger partial charge in [0.25, 0.3) is 5.91 Å². The predicted molar refractivity (Wildman–Crippen MR) is 67.2 cm³/mol. The molecule has 0 aromatic heterocycles. The molecule has 2 aliphatic rings. The highest BCUT2D eigenvalue weighted by molar-refractivity contribution is 7.91. The number of nitrogens with one attached hydrogen (secondary N) is 2. The van der Waals surface area contributed by atoms with Gasteiger partial charge in [-0.3, -0.25) is 9.52 Å². The highest BCUT2D eigenvalue weighted by Crippen LogP contribution is 2.47. The van der Waals surface area contributed by atoms with E-state index >= 15 is 0 Å². The fourth-order valence-electron chi connectivity index (χ4n) is 2.16. The number of hydrogen-bond donors (Lipinski definition) is 3. The van der Waals surface area contributed by atoms with Crippen LogP contribution in [-0.4, -0.2) is 42.5 Å². The van der Waals surface area contributed by atoms with Crippen molar-refractivity contribution in [1.29, 1.82) is 0 Å². The van der Waals surface area contributed by atoms with Crippen molar-refractivity contribution in [1.82, 2.24) is 10.0 Å². The Morgan fingerprint density at radius 1 is 1.45 bits per heavy atom. The highest BCUT2D eigenvalue weighted by atomic mass is 32.2. The van der Waals surface area contributed by atoms with Crippen LogP contribution in [0.25, 0.3) is 0 Å². The molecular weight excluding hydrogens is 291 g/mol. The van der Waals surface area contributed by atoms with Crippen LogP contribution in [0.2, 0.25) is 0 Å². The van der Waals surface area contributed by atoms with Gasteiger partial charge in [-0.15, -0.1) is 6.58 Å². The van der Waals surface area contributed by atoms with Gasteiger partial charge in [-0.1, -0.05) is 6.08 Å². The number of hydrogen-bond acceptors (Lipinski definition) is 4. The number of carbonyl (C=O) groups excluding carboxylic acids is 1. The average Bonchev–Trinajstić information content (AvgIpc) is 3.22. The molecule has 2 rings (SSSR count). The first-order valence-electron chi connectivity index (χ1n) is 5.99. The first-order chi connectivity index (χ1) is 9.23. The van der Waals surface area contributed by atoms with Crippen LogP contribution in [0.5, 0.6) is 0 Å². The molecule has 20 heavy (non-hydrogen) atoms. The maximum atomic E-state index is 12.8. The van der Waals surface area contributed by atoms with Crippen molar-refractivity contribution in [3.8, 4) is 0 Å². The third kappa shape index (κ3) is 2.15. The van der Waals surface area contributed by atoms with E-state index < -0.39 is 44.9 Å². The molecule has 2 atom stereocenters. The minimum atomic E-state index is -4.15. The second kappa shape index (κ2) is 4.44. The first kappa shape index (κ1) is 14.8. The molecule has 0 bridgehead atoms. The number of carbonyl (C=O) groups is 2. The van der Waals surface area contributed by atoms with Crippen LogP contribution in [0.3, 0.4) is 0 Å². The molecule has 3 N–H and O–H groups in total. The van der Waals surface area contributed by atoms with E-state index in [4.69, 9.17) is 5.11 Å². The van der Waals surface area contributed by atoms with Gasteiger partial charge < -0.3 is 10.4 Å². The van der Waals surface area contributed by atoms with Gasteiger partial charge in [-0.2, -0.15) is 0 Å². The molecule has 0 aliphatic heterocycles. The molecule has 2 aliphatic carbocycles. The van der Waals surface area contributed by atoms with E-state index in [1.165, 1.54) is 6.08 Å². The van der Waals surface area contributed by atoms with Crippen molar-refractivity contribution in [3.05, 3.63) is 12.7 Å². The van der Waals surface area contributed by atoms with E-state index in [1.54, 1.807) is 4.72 Å². The van der Waals surface area contributed by atoms with Gasteiger partial charge >= 0.3 is 6.09 Å². The maximum Gasteiger partial charge on any atom is 0.405 e. The Morgan fingerprint density at radius 3 is 2.40 bits per heavy atom. The lowest BCUT2D eigenvalue weighted by Crippen LogP contribution is -2.53. The summed E-state index contributed by atoms with van der Waals surface area (Å²) in [4.78, 5) is 22.8. The Labute approximate surface area is 115 Å². The van der Waals surface area contributed by atoms with Crippen molar-refractivity contribution < 1.29 is 27.5 Å². The molecule has 0 heterocycles. The summed E-state index contributed by atoms with van der Waals surface area (Å²) < 4.78 is 36.9. The second-order valence-electron chi connectivity index (χ2n) is 5.20. The predicted octanol–water partition coefficient (Wildman–Crippen LogP) is 0.147. The highest BCUT2D eigenvalue weighted by Gasteiger charge is 2.63. The molecule has 0 saturated heterocycles. The summed E-state index contributed by atoms with van der Waals surface area (Å²) in [7, 11) is -4.15. The number of carboxylic acid groups (broad SMARTS) is 1. The lowest BCUT2D eigenvalue weighted by molar-refractivity contribution is -0.122.